The summed E-state index contributed by atoms with van der Waals surface area (Å²) in [6.45, 7) is 2.15. The molecule has 1 aromatic heterocycles. The highest BCUT2D eigenvalue weighted by Gasteiger charge is 2.01. The Labute approximate surface area is 73.4 Å². The van der Waals surface area contributed by atoms with Crippen LogP contribution in [0.15, 0.2) is 0 Å². The molecule has 2 N–H and O–H groups in total. The van der Waals surface area contributed by atoms with Crippen LogP contribution < -0.4 is 5.32 Å². The van der Waals surface area contributed by atoms with Crippen LogP contribution in [-0.4, -0.2) is 27.1 Å². The Kier molecular flexibility index (Phi) is 3.04. The van der Waals surface area contributed by atoms with Crippen molar-refractivity contribution in [3.8, 4) is 0 Å². The Morgan fingerprint density at radius 1 is 1.82 bits per heavy atom. The molecule has 0 amide bonds. The van der Waals surface area contributed by atoms with Gasteiger partial charge in [-0.1, -0.05) is 0 Å². The minimum absolute atomic E-state index is 0.239. The first kappa shape index (κ1) is 8.70. The van der Waals surface area contributed by atoms with Crippen LogP contribution in [0, 0.1) is 0 Å². The van der Waals surface area contributed by atoms with Gasteiger partial charge in [0.2, 0.25) is 10.4 Å². The second kappa shape index (κ2) is 3.85. The van der Waals surface area contributed by atoms with Crippen LogP contribution in [0.1, 0.15) is 6.92 Å². The van der Waals surface area contributed by atoms with Crippen LogP contribution in [0.2, 0.25) is 5.28 Å². The molecule has 1 aromatic rings. The van der Waals surface area contributed by atoms with Gasteiger partial charge in [0.15, 0.2) is 0 Å². The molecule has 1 rings (SSSR count). The minimum atomic E-state index is -0.391. The van der Waals surface area contributed by atoms with Crippen LogP contribution >= 0.6 is 23.1 Å². The highest BCUT2D eigenvalue weighted by Crippen LogP contribution is 2.13. The number of aliphatic hydroxyl groups excluding tert-OH is 1. The number of hydrogen-bond acceptors (Lipinski definition) is 5. The van der Waals surface area contributed by atoms with Crippen molar-refractivity contribution in [2.45, 2.75) is 13.0 Å². The molecule has 4 nitrogen and oxygen atoms in total. The fourth-order valence-electron chi connectivity index (χ4n) is 0.512. The Morgan fingerprint density at radius 2 is 2.55 bits per heavy atom. The summed E-state index contributed by atoms with van der Waals surface area (Å²) in [5.41, 5.74) is 0. The van der Waals surface area contributed by atoms with E-state index in [0.29, 0.717) is 11.7 Å². The molecule has 0 bridgehead atoms. The summed E-state index contributed by atoms with van der Waals surface area (Å²) < 4.78 is 3.75. The molecule has 1 heterocycles. The van der Waals surface area contributed by atoms with E-state index in [-0.39, 0.29) is 5.28 Å². The van der Waals surface area contributed by atoms with E-state index in [1.807, 2.05) is 0 Å². The molecule has 0 aliphatic rings. The Balaban J connectivity index is 2.39. The van der Waals surface area contributed by atoms with E-state index < -0.39 is 6.10 Å². The van der Waals surface area contributed by atoms with E-state index in [1.54, 1.807) is 6.92 Å². The highest BCUT2D eigenvalue weighted by atomic mass is 35.5. The molecule has 0 saturated heterocycles. The first-order chi connectivity index (χ1) is 5.18. The van der Waals surface area contributed by atoms with Crippen LogP contribution in [-0.2, 0) is 0 Å². The monoisotopic (exact) mass is 193 g/mol. The number of rotatable bonds is 3. The summed E-state index contributed by atoms with van der Waals surface area (Å²) in [6.07, 6.45) is -0.391. The lowest BCUT2D eigenvalue weighted by Crippen LogP contribution is -2.14. The minimum Gasteiger partial charge on any atom is -0.392 e. The van der Waals surface area contributed by atoms with Crippen molar-refractivity contribution in [3.05, 3.63) is 5.28 Å². The van der Waals surface area contributed by atoms with Crippen molar-refractivity contribution in [3.63, 3.8) is 0 Å². The molecular weight excluding hydrogens is 186 g/mol. The van der Waals surface area contributed by atoms with Crippen molar-refractivity contribution in [1.29, 1.82) is 0 Å². The van der Waals surface area contributed by atoms with Gasteiger partial charge in [-0.05, 0) is 18.5 Å². The first-order valence-corrected chi connectivity index (χ1v) is 4.25. The fraction of sp³-hybridized carbons (Fsp3) is 0.600. The number of aliphatic hydroxyl groups is 1. The fourth-order valence-corrected chi connectivity index (χ4v) is 1.23. The smallest absolute Gasteiger partial charge is 0.236 e. The van der Waals surface area contributed by atoms with E-state index in [2.05, 4.69) is 14.7 Å². The Morgan fingerprint density at radius 3 is 3.00 bits per heavy atom. The molecule has 1 atom stereocenters. The number of aromatic nitrogens is 2. The molecule has 6 heteroatoms. The van der Waals surface area contributed by atoms with Crippen LogP contribution in [0.4, 0.5) is 5.13 Å². The quantitative estimate of drug-likeness (QED) is 0.752. The van der Waals surface area contributed by atoms with Crippen molar-refractivity contribution < 1.29 is 5.11 Å². The SMILES string of the molecule is CC(O)CNc1nc(Cl)ns1. The first-order valence-electron chi connectivity index (χ1n) is 3.09. The molecular formula is C5H8ClN3OS. The highest BCUT2D eigenvalue weighted by molar-refractivity contribution is 7.09. The van der Waals surface area contributed by atoms with E-state index in [1.165, 1.54) is 11.5 Å². The lowest BCUT2D eigenvalue weighted by Gasteiger charge is -2.02. The predicted molar refractivity (Wildman–Crippen MR) is 45.1 cm³/mol. The third-order valence-corrected chi connectivity index (χ3v) is 1.89. The van der Waals surface area contributed by atoms with Gasteiger partial charge in [-0.15, -0.1) is 0 Å². The predicted octanol–water partition coefficient (Wildman–Crippen LogP) is 0.984. The largest absolute Gasteiger partial charge is 0.392 e. The molecule has 0 aromatic carbocycles. The van der Waals surface area contributed by atoms with Gasteiger partial charge in [0.05, 0.1) is 6.10 Å². The summed E-state index contributed by atoms with van der Waals surface area (Å²) in [7, 11) is 0. The Hall–Kier alpha value is -0.390. The summed E-state index contributed by atoms with van der Waals surface area (Å²) >= 11 is 6.64. The summed E-state index contributed by atoms with van der Waals surface area (Å²) in [5.74, 6) is 0. The number of anilines is 1. The lowest BCUT2D eigenvalue weighted by molar-refractivity contribution is 0.208. The second-order valence-corrected chi connectivity index (χ2v) is 3.19. The standard InChI is InChI=1S/C5H8ClN3OS/c1-3(10)2-7-5-8-4(6)9-11-5/h3,10H,2H2,1H3,(H,7,8,9). The molecule has 0 radical (unpaired) electrons. The van der Waals surface area contributed by atoms with Gasteiger partial charge >= 0.3 is 0 Å². The maximum absolute atomic E-state index is 8.88. The number of nitrogens with zero attached hydrogens (tertiary/aromatic N) is 2. The van der Waals surface area contributed by atoms with E-state index in [9.17, 15) is 0 Å². The van der Waals surface area contributed by atoms with Crippen molar-refractivity contribution in [2.24, 2.45) is 0 Å². The molecule has 62 valence electrons. The topological polar surface area (TPSA) is 58.0 Å². The molecule has 0 aliphatic carbocycles. The normalized spacial score (nSPS) is 13.0. The number of halogens is 1. The molecule has 0 saturated carbocycles. The number of hydrogen-bond donors (Lipinski definition) is 2. The van der Waals surface area contributed by atoms with Gasteiger partial charge in [-0.2, -0.15) is 9.36 Å². The molecule has 1 unspecified atom stereocenters. The summed E-state index contributed by atoms with van der Waals surface area (Å²) in [4.78, 5) is 3.83. The van der Waals surface area contributed by atoms with E-state index in [4.69, 9.17) is 16.7 Å². The summed E-state index contributed by atoms with van der Waals surface area (Å²) in [6, 6.07) is 0. The van der Waals surface area contributed by atoms with Crippen molar-refractivity contribution in [2.75, 3.05) is 11.9 Å². The van der Waals surface area contributed by atoms with Crippen LogP contribution in [0.5, 0.6) is 0 Å². The maximum Gasteiger partial charge on any atom is 0.236 e. The molecule has 0 spiro atoms. The van der Waals surface area contributed by atoms with Crippen molar-refractivity contribution >= 4 is 28.3 Å². The molecule has 0 fully saturated rings. The molecule has 0 aliphatic heterocycles. The average Bonchev–Trinajstić information content (AvgIpc) is 2.31. The number of nitrogens with one attached hydrogen (secondary N) is 1. The zero-order chi connectivity index (χ0) is 8.27. The zero-order valence-electron chi connectivity index (χ0n) is 5.91. The summed E-state index contributed by atoms with van der Waals surface area (Å²) in [5, 5.41) is 12.6. The van der Waals surface area contributed by atoms with Gasteiger partial charge in [-0.3, -0.25) is 0 Å². The van der Waals surface area contributed by atoms with E-state index in [0.717, 1.165) is 0 Å². The zero-order valence-corrected chi connectivity index (χ0v) is 7.48. The maximum atomic E-state index is 8.88. The lowest BCUT2D eigenvalue weighted by atomic mass is 10.4. The third kappa shape index (κ3) is 3.00. The average molecular weight is 194 g/mol. The van der Waals surface area contributed by atoms with Crippen LogP contribution in [0.3, 0.4) is 0 Å². The third-order valence-electron chi connectivity index (χ3n) is 0.950. The van der Waals surface area contributed by atoms with Crippen molar-refractivity contribution in [1.82, 2.24) is 9.36 Å². The van der Waals surface area contributed by atoms with Gasteiger partial charge in [0, 0.05) is 18.1 Å². The second-order valence-electron chi connectivity index (χ2n) is 2.10. The van der Waals surface area contributed by atoms with Gasteiger partial charge in [0.1, 0.15) is 0 Å². The molecule has 11 heavy (non-hydrogen) atoms. The van der Waals surface area contributed by atoms with Gasteiger partial charge < -0.3 is 10.4 Å². The van der Waals surface area contributed by atoms with Crippen LogP contribution in [0.25, 0.3) is 0 Å². The van der Waals surface area contributed by atoms with Gasteiger partial charge in [0.25, 0.3) is 0 Å². The van der Waals surface area contributed by atoms with E-state index >= 15 is 0 Å². The van der Waals surface area contributed by atoms with Gasteiger partial charge in [-0.25, -0.2) is 0 Å². The Bertz CT molecular complexity index is 227.